The topological polar surface area (TPSA) is 118 Å². The van der Waals surface area contributed by atoms with Crippen LogP contribution in [0.25, 0.3) is 0 Å². The summed E-state index contributed by atoms with van der Waals surface area (Å²) >= 11 is 0. The molecule has 0 aliphatic carbocycles. The van der Waals surface area contributed by atoms with Crippen LogP contribution < -0.4 is 9.64 Å². The Balaban J connectivity index is 2.00. The quantitative estimate of drug-likeness (QED) is 0.432. The zero-order chi connectivity index (χ0) is 18.1. The normalized spacial score (nSPS) is 21.9. The van der Waals surface area contributed by atoms with Gasteiger partial charge in [-0.05, 0) is 19.1 Å². The van der Waals surface area contributed by atoms with E-state index in [0.717, 1.165) is 4.90 Å². The smallest absolute Gasteiger partial charge is 0.355 e. The zero-order valence-electron chi connectivity index (χ0n) is 13.4. The molecule has 1 aromatic rings. The second-order valence-corrected chi connectivity index (χ2v) is 5.24. The number of fused-ring (bicyclic) bond motifs is 1. The standard InChI is InChI=1S/C15H14N4O6/c1-3-25-15(22)11-10-12(19(16-11)17-23)14(21)18(13(10)20)8-5-4-6-9(7-8)24-2/h4-7,10,12H,3H2,1-2H3. The number of hydrogen-bond acceptors (Lipinski definition) is 8. The van der Waals surface area contributed by atoms with Crippen molar-refractivity contribution in [1.29, 1.82) is 0 Å². The fraction of sp³-hybridized carbons (Fsp3) is 0.333. The Morgan fingerprint density at radius 2 is 2.08 bits per heavy atom. The second-order valence-electron chi connectivity index (χ2n) is 5.24. The van der Waals surface area contributed by atoms with Crippen molar-refractivity contribution in [2.24, 2.45) is 16.3 Å². The van der Waals surface area contributed by atoms with Gasteiger partial charge in [-0.1, -0.05) is 6.07 Å². The van der Waals surface area contributed by atoms with Crippen LogP contribution in [0.5, 0.6) is 5.75 Å². The van der Waals surface area contributed by atoms with Gasteiger partial charge >= 0.3 is 5.97 Å². The van der Waals surface area contributed by atoms with Crippen molar-refractivity contribution in [3.63, 3.8) is 0 Å². The molecule has 10 heteroatoms. The van der Waals surface area contributed by atoms with E-state index < -0.39 is 29.7 Å². The van der Waals surface area contributed by atoms with E-state index in [-0.39, 0.29) is 18.0 Å². The van der Waals surface area contributed by atoms with E-state index in [4.69, 9.17) is 9.47 Å². The Bertz CT molecular complexity index is 792. The molecular formula is C15H14N4O6. The van der Waals surface area contributed by atoms with E-state index in [1.807, 2.05) is 0 Å². The number of imide groups is 1. The average molecular weight is 346 g/mol. The minimum absolute atomic E-state index is 0.0610. The van der Waals surface area contributed by atoms with E-state index in [1.54, 1.807) is 25.1 Å². The summed E-state index contributed by atoms with van der Waals surface area (Å²) in [4.78, 5) is 49.4. The summed E-state index contributed by atoms with van der Waals surface area (Å²) in [6.45, 7) is 1.65. The molecule has 0 saturated carbocycles. The summed E-state index contributed by atoms with van der Waals surface area (Å²) < 4.78 is 9.93. The molecule has 2 aliphatic heterocycles. The third kappa shape index (κ3) is 2.51. The number of hydrogen-bond donors (Lipinski definition) is 0. The van der Waals surface area contributed by atoms with Crippen LogP contribution in [0.4, 0.5) is 5.69 Å². The van der Waals surface area contributed by atoms with E-state index in [9.17, 15) is 19.3 Å². The van der Waals surface area contributed by atoms with Gasteiger partial charge in [0.2, 0.25) is 5.91 Å². The predicted octanol–water partition coefficient (Wildman–Crippen LogP) is 0.469. The fourth-order valence-corrected chi connectivity index (χ4v) is 2.84. The van der Waals surface area contributed by atoms with Crippen LogP contribution in [0.2, 0.25) is 0 Å². The number of hydrazone groups is 1. The molecule has 2 amide bonds. The molecule has 0 N–H and O–H groups in total. The lowest BCUT2D eigenvalue weighted by molar-refractivity contribution is -0.136. The second kappa shape index (κ2) is 6.30. The Kier molecular flexibility index (Phi) is 4.17. The first-order chi connectivity index (χ1) is 12.0. The molecule has 25 heavy (non-hydrogen) atoms. The summed E-state index contributed by atoms with van der Waals surface area (Å²) in [5.41, 5.74) is -0.0481. The first-order valence-corrected chi connectivity index (χ1v) is 7.43. The van der Waals surface area contributed by atoms with Gasteiger partial charge in [-0.2, -0.15) is 0 Å². The van der Waals surface area contributed by atoms with Gasteiger partial charge in [-0.3, -0.25) is 9.59 Å². The molecule has 0 bridgehead atoms. The lowest BCUT2D eigenvalue weighted by Gasteiger charge is -2.17. The molecule has 3 rings (SSSR count). The number of carbonyl (C=O) groups is 3. The number of nitrogens with zero attached hydrogens (tertiary/aromatic N) is 4. The molecule has 0 radical (unpaired) electrons. The number of methoxy groups -OCH3 is 1. The van der Waals surface area contributed by atoms with Gasteiger partial charge in [-0.25, -0.2) is 9.69 Å². The third-order valence-electron chi connectivity index (χ3n) is 3.91. The number of rotatable bonds is 5. The highest BCUT2D eigenvalue weighted by atomic mass is 16.5. The zero-order valence-corrected chi connectivity index (χ0v) is 13.4. The van der Waals surface area contributed by atoms with Crippen molar-refractivity contribution >= 4 is 29.2 Å². The number of anilines is 1. The molecule has 1 fully saturated rings. The van der Waals surface area contributed by atoms with Gasteiger partial charge in [-0.15, -0.1) is 15.1 Å². The van der Waals surface area contributed by atoms with Gasteiger partial charge in [0.05, 0.1) is 24.7 Å². The van der Waals surface area contributed by atoms with Gasteiger partial charge < -0.3 is 9.47 Å². The monoisotopic (exact) mass is 346 g/mol. The van der Waals surface area contributed by atoms with Crippen molar-refractivity contribution in [3.05, 3.63) is 29.2 Å². The molecule has 10 nitrogen and oxygen atoms in total. The van der Waals surface area contributed by atoms with E-state index >= 15 is 0 Å². The molecule has 2 heterocycles. The van der Waals surface area contributed by atoms with Crippen molar-refractivity contribution in [1.82, 2.24) is 5.12 Å². The maximum atomic E-state index is 12.8. The number of esters is 1. The van der Waals surface area contributed by atoms with Crippen molar-refractivity contribution in [2.75, 3.05) is 18.6 Å². The summed E-state index contributed by atoms with van der Waals surface area (Å²) in [6.07, 6.45) is 0. The number of benzene rings is 1. The van der Waals surface area contributed by atoms with Gasteiger partial charge in [0, 0.05) is 6.07 Å². The highest BCUT2D eigenvalue weighted by molar-refractivity contribution is 6.46. The maximum absolute atomic E-state index is 12.8. The molecule has 2 aliphatic rings. The number of nitroso groups, excluding NO2 is 1. The number of amides is 2. The summed E-state index contributed by atoms with van der Waals surface area (Å²) in [7, 11) is 1.45. The molecule has 1 aromatic carbocycles. The number of ether oxygens (including phenoxy) is 2. The summed E-state index contributed by atoms with van der Waals surface area (Å²) in [5.74, 6) is -3.04. The minimum atomic E-state index is -1.30. The largest absolute Gasteiger partial charge is 0.497 e. The minimum Gasteiger partial charge on any atom is -0.497 e. The van der Waals surface area contributed by atoms with Crippen molar-refractivity contribution in [3.8, 4) is 5.75 Å². The Labute approximate surface area is 141 Å². The predicted molar refractivity (Wildman–Crippen MR) is 84.5 cm³/mol. The lowest BCUT2D eigenvalue weighted by Crippen LogP contribution is -2.36. The Morgan fingerprint density at radius 3 is 2.72 bits per heavy atom. The van der Waals surface area contributed by atoms with Crippen LogP contribution in [0.15, 0.2) is 34.7 Å². The van der Waals surface area contributed by atoms with Crippen LogP contribution >= 0.6 is 0 Å². The average Bonchev–Trinajstić information content (AvgIpc) is 3.12. The van der Waals surface area contributed by atoms with Crippen LogP contribution in [-0.2, 0) is 19.1 Å². The van der Waals surface area contributed by atoms with Crippen molar-refractivity contribution in [2.45, 2.75) is 13.0 Å². The molecule has 0 spiro atoms. The fourth-order valence-electron chi connectivity index (χ4n) is 2.84. The van der Waals surface area contributed by atoms with Crippen molar-refractivity contribution < 1.29 is 23.9 Å². The summed E-state index contributed by atoms with van der Waals surface area (Å²) in [5, 5.41) is 6.85. The van der Waals surface area contributed by atoms with Gasteiger partial charge in [0.1, 0.15) is 11.7 Å². The van der Waals surface area contributed by atoms with Crippen LogP contribution in [0, 0.1) is 10.8 Å². The Hall–Kier alpha value is -3.30. The highest BCUT2D eigenvalue weighted by Crippen LogP contribution is 2.36. The van der Waals surface area contributed by atoms with Crippen LogP contribution in [-0.4, -0.2) is 48.4 Å². The molecular weight excluding hydrogens is 332 g/mol. The molecule has 130 valence electrons. The van der Waals surface area contributed by atoms with Gasteiger partial charge in [0.25, 0.3) is 5.91 Å². The van der Waals surface area contributed by atoms with Crippen LogP contribution in [0.3, 0.4) is 0 Å². The molecule has 2 atom stereocenters. The van der Waals surface area contributed by atoms with Crippen LogP contribution in [0.1, 0.15) is 6.92 Å². The molecule has 0 aromatic heterocycles. The first-order valence-electron chi connectivity index (χ1n) is 7.43. The SMILES string of the molecule is CCOC(=O)C1=NN(N=O)C2C(=O)N(c3cccc(OC)c3)C(=O)C12. The maximum Gasteiger partial charge on any atom is 0.355 e. The highest BCUT2D eigenvalue weighted by Gasteiger charge is 2.59. The lowest BCUT2D eigenvalue weighted by atomic mass is 9.98. The summed E-state index contributed by atoms with van der Waals surface area (Å²) in [6, 6.07) is 5.00. The molecule has 1 saturated heterocycles. The van der Waals surface area contributed by atoms with E-state index in [1.165, 1.54) is 13.2 Å². The Morgan fingerprint density at radius 1 is 1.32 bits per heavy atom. The number of carbonyl (C=O) groups excluding carboxylic acids is 3. The van der Waals surface area contributed by atoms with E-state index in [0.29, 0.717) is 10.9 Å². The first kappa shape index (κ1) is 16.6. The van der Waals surface area contributed by atoms with E-state index in [2.05, 4.69) is 10.4 Å². The molecule has 2 unspecified atom stereocenters. The van der Waals surface area contributed by atoms with Gasteiger partial charge in [0.15, 0.2) is 11.8 Å². The third-order valence-corrected chi connectivity index (χ3v) is 3.91.